The average molecular weight is 360 g/mol. The summed E-state index contributed by atoms with van der Waals surface area (Å²) < 4.78 is 0. The van der Waals surface area contributed by atoms with Crippen LogP contribution in [0.25, 0.3) is 10.4 Å². The third-order valence-corrected chi connectivity index (χ3v) is 5.96. The zero-order valence-electron chi connectivity index (χ0n) is 15.4. The molecule has 1 fully saturated rings. The first kappa shape index (κ1) is 17.6. The Balaban J connectivity index is 1.57. The molecule has 0 bridgehead atoms. The number of ketones is 1. The molecule has 2 aliphatic rings. The Hall–Kier alpha value is -2.78. The quantitative estimate of drug-likeness (QED) is 0.306. The van der Waals surface area contributed by atoms with Gasteiger partial charge in [-0.2, -0.15) is 0 Å². The lowest BCUT2D eigenvalue weighted by Crippen LogP contribution is -2.42. The largest absolute Gasteiger partial charge is 0.363 e. The van der Waals surface area contributed by atoms with Crippen molar-refractivity contribution in [1.82, 2.24) is 0 Å². The number of hydrogen-bond acceptors (Lipinski definition) is 3. The zero-order valence-corrected chi connectivity index (χ0v) is 15.4. The van der Waals surface area contributed by atoms with Gasteiger partial charge >= 0.3 is 0 Å². The van der Waals surface area contributed by atoms with Crippen molar-refractivity contribution >= 4 is 11.5 Å². The number of nitrogens with zero attached hydrogens (tertiary/aromatic N) is 4. The molecule has 0 aromatic heterocycles. The molecule has 1 aliphatic heterocycles. The molecule has 1 heterocycles. The first-order valence-corrected chi connectivity index (χ1v) is 9.73. The van der Waals surface area contributed by atoms with Crippen molar-refractivity contribution in [1.29, 1.82) is 0 Å². The van der Waals surface area contributed by atoms with E-state index in [2.05, 4.69) is 57.4 Å². The SMILES string of the molecule is [N-]=[N+]=NCCC[C@@H]1CCC2C(C1=O)c1ccccc1N2Cc1ccccc1. The summed E-state index contributed by atoms with van der Waals surface area (Å²) in [5.74, 6) is 0.434. The number of carbonyl (C=O) groups is 1. The van der Waals surface area contributed by atoms with E-state index >= 15 is 0 Å². The van der Waals surface area contributed by atoms with Gasteiger partial charge in [-0.25, -0.2) is 0 Å². The molecule has 138 valence electrons. The van der Waals surface area contributed by atoms with E-state index in [1.165, 1.54) is 16.8 Å². The van der Waals surface area contributed by atoms with Crippen LogP contribution in [0, 0.1) is 5.92 Å². The van der Waals surface area contributed by atoms with Crippen molar-refractivity contribution < 1.29 is 4.79 Å². The number of para-hydroxylation sites is 1. The maximum atomic E-state index is 13.3. The van der Waals surface area contributed by atoms with Gasteiger partial charge < -0.3 is 4.90 Å². The van der Waals surface area contributed by atoms with E-state index in [0.717, 1.165) is 32.2 Å². The second-order valence-electron chi connectivity index (χ2n) is 7.49. The number of anilines is 1. The number of rotatable bonds is 6. The van der Waals surface area contributed by atoms with E-state index in [4.69, 9.17) is 5.53 Å². The van der Waals surface area contributed by atoms with Crippen LogP contribution in [0.2, 0.25) is 0 Å². The van der Waals surface area contributed by atoms with Gasteiger partial charge in [0.1, 0.15) is 5.78 Å². The second kappa shape index (κ2) is 7.85. The molecule has 0 N–H and O–H groups in total. The van der Waals surface area contributed by atoms with Gasteiger partial charge in [-0.1, -0.05) is 53.6 Å². The Bertz CT molecular complexity index is 860. The fourth-order valence-electron chi connectivity index (χ4n) is 4.73. The average Bonchev–Trinajstić information content (AvgIpc) is 3.02. The molecule has 0 spiro atoms. The van der Waals surface area contributed by atoms with Gasteiger partial charge in [0.2, 0.25) is 0 Å². The molecule has 0 radical (unpaired) electrons. The van der Waals surface area contributed by atoms with Crippen molar-refractivity contribution in [3.63, 3.8) is 0 Å². The standard InChI is InChI=1S/C22H24N4O/c23-25-24-14-6-9-17-12-13-20-21(22(17)27)18-10-4-5-11-19(18)26(20)15-16-7-2-1-3-8-16/h1-5,7-8,10-11,17,20-21H,6,9,12-15H2/t17-,20?,21?/m1/s1. The molecule has 4 rings (SSSR count). The summed E-state index contributed by atoms with van der Waals surface area (Å²) in [6, 6.07) is 19.1. The summed E-state index contributed by atoms with van der Waals surface area (Å²) >= 11 is 0. The molecule has 2 aromatic carbocycles. The summed E-state index contributed by atoms with van der Waals surface area (Å²) in [4.78, 5) is 18.5. The highest BCUT2D eigenvalue weighted by Gasteiger charge is 2.47. The molecule has 1 aliphatic carbocycles. The second-order valence-corrected chi connectivity index (χ2v) is 7.49. The molecule has 27 heavy (non-hydrogen) atoms. The molecule has 0 amide bonds. The van der Waals surface area contributed by atoms with Crippen molar-refractivity contribution in [2.24, 2.45) is 11.0 Å². The van der Waals surface area contributed by atoms with Crippen molar-refractivity contribution in [3.05, 3.63) is 76.2 Å². The summed E-state index contributed by atoms with van der Waals surface area (Å²) in [5, 5.41) is 3.60. The minimum atomic E-state index is -0.0249. The Morgan fingerprint density at radius 3 is 2.67 bits per heavy atom. The third kappa shape index (κ3) is 3.43. The highest BCUT2D eigenvalue weighted by molar-refractivity contribution is 5.93. The summed E-state index contributed by atoms with van der Waals surface area (Å²) in [5.41, 5.74) is 12.1. The number of azide groups is 1. The first-order chi connectivity index (χ1) is 13.3. The highest BCUT2D eigenvalue weighted by atomic mass is 16.1. The monoisotopic (exact) mass is 360 g/mol. The van der Waals surface area contributed by atoms with Gasteiger partial charge in [0.15, 0.2) is 0 Å². The topological polar surface area (TPSA) is 69.1 Å². The van der Waals surface area contributed by atoms with Crippen LogP contribution in [0.1, 0.15) is 42.7 Å². The number of benzene rings is 2. The fourth-order valence-corrected chi connectivity index (χ4v) is 4.73. The number of Topliss-reactive ketones (excluding diaryl/α,β-unsaturated/α-hetero) is 1. The first-order valence-electron chi connectivity index (χ1n) is 9.73. The van der Waals surface area contributed by atoms with Crippen LogP contribution in [-0.4, -0.2) is 18.4 Å². The Morgan fingerprint density at radius 2 is 1.85 bits per heavy atom. The molecular formula is C22H24N4O. The van der Waals surface area contributed by atoms with E-state index in [1.807, 2.05) is 12.1 Å². The molecule has 1 saturated carbocycles. The number of hydrogen-bond donors (Lipinski definition) is 0. The van der Waals surface area contributed by atoms with Crippen LogP contribution in [-0.2, 0) is 11.3 Å². The summed E-state index contributed by atoms with van der Waals surface area (Å²) in [7, 11) is 0. The maximum absolute atomic E-state index is 13.3. The van der Waals surface area contributed by atoms with E-state index < -0.39 is 0 Å². The smallest absolute Gasteiger partial charge is 0.145 e. The predicted molar refractivity (Wildman–Crippen MR) is 107 cm³/mol. The lowest BCUT2D eigenvalue weighted by molar-refractivity contribution is -0.126. The molecule has 3 atom stereocenters. The minimum absolute atomic E-state index is 0.0249. The van der Waals surface area contributed by atoms with Gasteiger partial charge in [-0.15, -0.1) is 0 Å². The molecule has 2 aromatic rings. The molecule has 0 saturated heterocycles. The Kier molecular flexibility index (Phi) is 5.12. The van der Waals surface area contributed by atoms with Crippen LogP contribution in [0.4, 0.5) is 5.69 Å². The molecular weight excluding hydrogens is 336 g/mol. The van der Waals surface area contributed by atoms with E-state index in [-0.39, 0.29) is 17.9 Å². The van der Waals surface area contributed by atoms with Gasteiger partial charge in [0.05, 0.1) is 5.92 Å². The summed E-state index contributed by atoms with van der Waals surface area (Å²) in [6.07, 6.45) is 3.56. The van der Waals surface area contributed by atoms with Crippen molar-refractivity contribution in [2.45, 2.75) is 44.2 Å². The predicted octanol–water partition coefficient (Wildman–Crippen LogP) is 5.23. The zero-order chi connectivity index (χ0) is 18.6. The van der Waals surface area contributed by atoms with E-state index in [0.29, 0.717) is 12.3 Å². The Labute approximate surface area is 159 Å². The van der Waals surface area contributed by atoms with Crippen LogP contribution < -0.4 is 4.90 Å². The van der Waals surface area contributed by atoms with Crippen molar-refractivity contribution in [2.75, 3.05) is 11.4 Å². The molecule has 5 nitrogen and oxygen atoms in total. The number of carbonyl (C=O) groups excluding carboxylic acids is 1. The van der Waals surface area contributed by atoms with Gasteiger partial charge in [0, 0.05) is 35.6 Å². The van der Waals surface area contributed by atoms with Crippen LogP contribution in [0.3, 0.4) is 0 Å². The normalized spacial score (nSPS) is 23.5. The fraction of sp³-hybridized carbons (Fsp3) is 0.409. The van der Waals surface area contributed by atoms with Gasteiger partial charge in [0.25, 0.3) is 0 Å². The lowest BCUT2D eigenvalue weighted by Gasteiger charge is -2.36. The van der Waals surface area contributed by atoms with Gasteiger partial charge in [-0.05, 0) is 48.4 Å². The molecule has 5 heteroatoms. The molecule has 2 unspecified atom stereocenters. The third-order valence-electron chi connectivity index (χ3n) is 5.96. The summed E-state index contributed by atoms with van der Waals surface area (Å²) in [6.45, 7) is 1.32. The maximum Gasteiger partial charge on any atom is 0.145 e. The van der Waals surface area contributed by atoms with Crippen LogP contribution >= 0.6 is 0 Å². The Morgan fingerprint density at radius 1 is 1.07 bits per heavy atom. The van der Waals surface area contributed by atoms with Crippen molar-refractivity contribution in [3.8, 4) is 0 Å². The highest BCUT2D eigenvalue weighted by Crippen LogP contribution is 2.48. The van der Waals surface area contributed by atoms with Gasteiger partial charge in [-0.3, -0.25) is 4.79 Å². The minimum Gasteiger partial charge on any atom is -0.363 e. The number of fused-ring (bicyclic) bond motifs is 3. The van der Waals surface area contributed by atoms with E-state index in [1.54, 1.807) is 0 Å². The van der Waals surface area contributed by atoms with E-state index in [9.17, 15) is 4.79 Å². The van der Waals surface area contributed by atoms with Crippen LogP contribution in [0.15, 0.2) is 59.7 Å². The van der Waals surface area contributed by atoms with Crippen LogP contribution in [0.5, 0.6) is 0 Å². The lowest BCUT2D eigenvalue weighted by atomic mass is 9.74.